The van der Waals surface area contributed by atoms with Gasteiger partial charge in [0, 0.05) is 23.8 Å². The van der Waals surface area contributed by atoms with E-state index in [1.54, 1.807) is 4.68 Å². The number of aryl methyl sites for hydroxylation is 2. The first-order chi connectivity index (χ1) is 12.4. The minimum Gasteiger partial charge on any atom is -0.326 e. The van der Waals surface area contributed by atoms with E-state index >= 15 is 0 Å². The van der Waals surface area contributed by atoms with Crippen molar-refractivity contribution in [3.05, 3.63) is 41.2 Å². The summed E-state index contributed by atoms with van der Waals surface area (Å²) in [6.07, 6.45) is 1.92. The van der Waals surface area contributed by atoms with Gasteiger partial charge in [-0.1, -0.05) is 19.9 Å². The Bertz CT molecular complexity index is 834. The van der Waals surface area contributed by atoms with Gasteiger partial charge in [-0.2, -0.15) is 5.10 Å². The largest absolute Gasteiger partial charge is 0.326 e. The van der Waals surface area contributed by atoms with Crippen molar-refractivity contribution in [2.45, 2.75) is 53.0 Å². The van der Waals surface area contributed by atoms with Crippen molar-refractivity contribution in [2.24, 2.45) is 5.92 Å². The molecule has 26 heavy (non-hydrogen) atoms. The van der Waals surface area contributed by atoms with Crippen LogP contribution < -0.4 is 10.6 Å². The van der Waals surface area contributed by atoms with E-state index in [-0.39, 0.29) is 23.7 Å². The molecule has 6 nitrogen and oxygen atoms in total. The first-order valence-electron chi connectivity index (χ1n) is 9.19. The van der Waals surface area contributed by atoms with Gasteiger partial charge in [0.15, 0.2) is 0 Å². The van der Waals surface area contributed by atoms with Crippen LogP contribution in [0.3, 0.4) is 0 Å². The van der Waals surface area contributed by atoms with Crippen molar-refractivity contribution in [2.75, 3.05) is 10.6 Å². The van der Waals surface area contributed by atoms with E-state index in [1.807, 2.05) is 38.1 Å². The van der Waals surface area contributed by atoms with E-state index in [2.05, 4.69) is 29.6 Å². The van der Waals surface area contributed by atoms with Crippen LogP contribution in [0, 0.1) is 12.8 Å². The third-order valence-corrected chi connectivity index (χ3v) is 4.62. The summed E-state index contributed by atoms with van der Waals surface area (Å²) in [4.78, 5) is 24.7. The van der Waals surface area contributed by atoms with Gasteiger partial charge < -0.3 is 10.6 Å². The van der Waals surface area contributed by atoms with Crippen LogP contribution in [0.4, 0.5) is 11.4 Å². The second kappa shape index (κ2) is 7.32. The van der Waals surface area contributed by atoms with Crippen LogP contribution in [-0.4, -0.2) is 21.6 Å². The third kappa shape index (κ3) is 3.95. The number of nitrogens with one attached hydrogen (secondary N) is 2. The molecular formula is C20H26N4O2. The van der Waals surface area contributed by atoms with Gasteiger partial charge in [0.25, 0.3) is 5.91 Å². The highest BCUT2D eigenvalue weighted by molar-refractivity contribution is 6.04. The Kier molecular flexibility index (Phi) is 5.11. The summed E-state index contributed by atoms with van der Waals surface area (Å²) < 4.78 is 1.72. The van der Waals surface area contributed by atoms with Gasteiger partial charge in [0.1, 0.15) is 5.69 Å². The highest BCUT2D eigenvalue weighted by Gasteiger charge is 2.29. The molecule has 1 fully saturated rings. The fourth-order valence-corrected chi connectivity index (χ4v) is 2.75. The number of aromatic nitrogens is 2. The highest BCUT2D eigenvalue weighted by Crippen LogP contribution is 2.31. The van der Waals surface area contributed by atoms with Crippen molar-refractivity contribution in [1.29, 1.82) is 0 Å². The van der Waals surface area contributed by atoms with Crippen LogP contribution >= 0.6 is 0 Å². The van der Waals surface area contributed by atoms with Crippen molar-refractivity contribution in [1.82, 2.24) is 9.78 Å². The molecule has 1 saturated carbocycles. The van der Waals surface area contributed by atoms with Crippen LogP contribution in [0.25, 0.3) is 0 Å². The van der Waals surface area contributed by atoms with Gasteiger partial charge in [-0.15, -0.1) is 0 Å². The molecule has 6 heteroatoms. The molecule has 3 rings (SSSR count). The molecule has 2 amide bonds. The van der Waals surface area contributed by atoms with Gasteiger partial charge in [-0.05, 0) is 56.4 Å². The topological polar surface area (TPSA) is 76.0 Å². The lowest BCUT2D eigenvalue weighted by Gasteiger charge is -2.12. The van der Waals surface area contributed by atoms with Crippen molar-refractivity contribution < 1.29 is 9.59 Å². The third-order valence-electron chi connectivity index (χ3n) is 4.62. The molecule has 0 unspecified atom stereocenters. The Balaban J connectivity index is 1.79. The summed E-state index contributed by atoms with van der Waals surface area (Å²) in [5.74, 6) is 0.261. The molecule has 0 aliphatic heterocycles. The van der Waals surface area contributed by atoms with Gasteiger partial charge in [0.2, 0.25) is 5.91 Å². The molecule has 138 valence electrons. The Hall–Kier alpha value is -2.63. The van der Waals surface area contributed by atoms with E-state index in [1.165, 1.54) is 0 Å². The van der Waals surface area contributed by atoms with Gasteiger partial charge in [0.05, 0.1) is 5.69 Å². The molecule has 0 spiro atoms. The van der Waals surface area contributed by atoms with E-state index in [0.717, 1.165) is 24.1 Å². The van der Waals surface area contributed by atoms with Crippen LogP contribution in [0.2, 0.25) is 0 Å². The minimum atomic E-state index is -0.194. The summed E-state index contributed by atoms with van der Waals surface area (Å²) in [6.45, 7) is 8.64. The van der Waals surface area contributed by atoms with E-state index in [9.17, 15) is 9.59 Å². The number of carbonyl (C=O) groups excluding carboxylic acids is 2. The molecule has 1 aliphatic rings. The SMILES string of the molecule is CCn1nc(C(C)C)cc1C(=O)Nc1cc(NC(=O)C2CC2)ccc1C. The van der Waals surface area contributed by atoms with Gasteiger partial charge >= 0.3 is 0 Å². The average Bonchev–Trinajstić information content (AvgIpc) is 3.36. The highest BCUT2D eigenvalue weighted by atomic mass is 16.2. The second-order valence-electron chi connectivity index (χ2n) is 7.17. The number of nitrogens with zero attached hydrogens (tertiary/aromatic N) is 2. The zero-order chi connectivity index (χ0) is 18.8. The number of carbonyl (C=O) groups is 2. The summed E-state index contributed by atoms with van der Waals surface area (Å²) >= 11 is 0. The Morgan fingerprint density at radius 3 is 2.58 bits per heavy atom. The van der Waals surface area contributed by atoms with Crippen LogP contribution in [-0.2, 0) is 11.3 Å². The zero-order valence-electron chi connectivity index (χ0n) is 15.8. The lowest BCUT2D eigenvalue weighted by Crippen LogP contribution is -2.18. The maximum Gasteiger partial charge on any atom is 0.273 e. The van der Waals surface area contributed by atoms with Gasteiger partial charge in [-0.25, -0.2) is 0 Å². The van der Waals surface area contributed by atoms with Crippen LogP contribution in [0.5, 0.6) is 0 Å². The molecule has 0 saturated heterocycles. The molecule has 2 aromatic rings. The average molecular weight is 354 g/mol. The maximum absolute atomic E-state index is 12.8. The summed E-state index contributed by atoms with van der Waals surface area (Å²) in [7, 11) is 0. The lowest BCUT2D eigenvalue weighted by atomic mass is 10.1. The zero-order valence-corrected chi connectivity index (χ0v) is 15.8. The monoisotopic (exact) mass is 354 g/mol. The fraction of sp³-hybridized carbons (Fsp3) is 0.450. The number of rotatable bonds is 6. The molecule has 1 aromatic carbocycles. The predicted molar refractivity (Wildman–Crippen MR) is 102 cm³/mol. The number of anilines is 2. The first kappa shape index (κ1) is 18.2. The predicted octanol–water partition coefficient (Wildman–Crippen LogP) is 3.94. The molecule has 2 N–H and O–H groups in total. The Labute approximate surface area is 154 Å². The lowest BCUT2D eigenvalue weighted by molar-refractivity contribution is -0.117. The summed E-state index contributed by atoms with van der Waals surface area (Å²) in [6, 6.07) is 7.41. The molecular weight excluding hydrogens is 328 g/mol. The minimum absolute atomic E-state index is 0.0526. The summed E-state index contributed by atoms with van der Waals surface area (Å²) in [5.41, 5.74) is 3.78. The van der Waals surface area contributed by atoms with Gasteiger partial charge in [-0.3, -0.25) is 14.3 Å². The molecule has 1 aliphatic carbocycles. The Morgan fingerprint density at radius 2 is 1.96 bits per heavy atom. The number of hydrogen-bond acceptors (Lipinski definition) is 3. The second-order valence-corrected chi connectivity index (χ2v) is 7.17. The van der Waals surface area contributed by atoms with Crippen molar-refractivity contribution in [3.63, 3.8) is 0 Å². The number of benzene rings is 1. The van der Waals surface area contributed by atoms with E-state index < -0.39 is 0 Å². The standard InChI is InChI=1S/C20H26N4O2/c1-5-24-18(11-16(23-24)12(2)3)20(26)22-17-10-15(9-6-13(17)4)21-19(25)14-7-8-14/h6,9-12,14H,5,7-8H2,1-4H3,(H,21,25)(H,22,26). The smallest absolute Gasteiger partial charge is 0.273 e. The molecule has 1 aromatic heterocycles. The molecule has 0 radical (unpaired) electrons. The first-order valence-corrected chi connectivity index (χ1v) is 9.19. The van der Waals surface area contributed by atoms with Crippen molar-refractivity contribution in [3.8, 4) is 0 Å². The summed E-state index contributed by atoms with van der Waals surface area (Å²) in [5, 5.41) is 10.4. The molecule has 0 bridgehead atoms. The van der Waals surface area contributed by atoms with E-state index in [4.69, 9.17) is 0 Å². The van der Waals surface area contributed by atoms with Crippen LogP contribution in [0.1, 0.15) is 61.3 Å². The Morgan fingerprint density at radius 1 is 1.23 bits per heavy atom. The maximum atomic E-state index is 12.8. The van der Waals surface area contributed by atoms with Crippen LogP contribution in [0.15, 0.2) is 24.3 Å². The fourth-order valence-electron chi connectivity index (χ4n) is 2.75. The normalized spacial score (nSPS) is 13.7. The number of amides is 2. The molecule has 0 atom stereocenters. The quantitative estimate of drug-likeness (QED) is 0.825. The molecule has 1 heterocycles. The van der Waals surface area contributed by atoms with Crippen molar-refractivity contribution >= 4 is 23.2 Å². The number of hydrogen-bond donors (Lipinski definition) is 2. The van der Waals surface area contributed by atoms with E-state index in [0.29, 0.717) is 23.6 Å².